The van der Waals surface area contributed by atoms with Crippen molar-refractivity contribution in [1.29, 1.82) is 0 Å². The minimum atomic E-state index is -0.922. The number of aromatic nitrogens is 3. The average Bonchev–Trinajstić information content (AvgIpc) is 2.96. The first kappa shape index (κ1) is 14.9. The second-order valence-corrected chi connectivity index (χ2v) is 6.48. The lowest BCUT2D eigenvalue weighted by Crippen LogP contribution is -2.28. The zero-order valence-electron chi connectivity index (χ0n) is 13.8. The monoisotopic (exact) mass is 345 g/mol. The zero-order chi connectivity index (χ0) is 17.8. The Balaban J connectivity index is 1.93. The van der Waals surface area contributed by atoms with Crippen molar-refractivity contribution in [3.05, 3.63) is 64.4 Å². The van der Waals surface area contributed by atoms with Crippen LogP contribution in [0.2, 0.25) is 0 Å². The van der Waals surface area contributed by atoms with Gasteiger partial charge in [-0.15, -0.1) is 0 Å². The Kier molecular flexibility index (Phi) is 3.03. The van der Waals surface area contributed by atoms with Crippen molar-refractivity contribution in [2.75, 3.05) is 0 Å². The highest BCUT2D eigenvalue weighted by atomic mass is 16.4. The molecule has 0 amide bonds. The van der Waals surface area contributed by atoms with Gasteiger partial charge >= 0.3 is 5.97 Å². The Morgan fingerprint density at radius 1 is 1.08 bits per heavy atom. The molecule has 0 saturated heterocycles. The fraction of sp³-hybridized carbons (Fsp3) is 0.150. The molecular formula is C20H15N3O3. The first-order valence-electron chi connectivity index (χ1n) is 8.47. The van der Waals surface area contributed by atoms with Gasteiger partial charge in [0.05, 0.1) is 16.6 Å². The van der Waals surface area contributed by atoms with E-state index in [1.165, 1.54) is 0 Å². The molecular weight excluding hydrogens is 330 g/mol. The van der Waals surface area contributed by atoms with Crippen LogP contribution in [-0.4, -0.2) is 25.2 Å². The van der Waals surface area contributed by atoms with Gasteiger partial charge in [0.1, 0.15) is 6.54 Å². The average molecular weight is 345 g/mol. The highest BCUT2D eigenvalue weighted by Gasteiger charge is 2.27. The number of rotatable bonds is 2. The van der Waals surface area contributed by atoms with E-state index in [-0.39, 0.29) is 12.1 Å². The first-order chi connectivity index (χ1) is 12.6. The van der Waals surface area contributed by atoms with Gasteiger partial charge in [-0.1, -0.05) is 30.3 Å². The third-order valence-corrected chi connectivity index (χ3v) is 5.03. The van der Waals surface area contributed by atoms with Crippen LogP contribution in [0.1, 0.15) is 5.56 Å². The van der Waals surface area contributed by atoms with Crippen LogP contribution in [-0.2, 0) is 24.3 Å². The summed E-state index contributed by atoms with van der Waals surface area (Å²) in [7, 11) is 0. The molecule has 0 atom stereocenters. The fourth-order valence-electron chi connectivity index (χ4n) is 3.96. The van der Waals surface area contributed by atoms with E-state index in [4.69, 9.17) is 4.98 Å². The predicted molar refractivity (Wildman–Crippen MR) is 98.3 cm³/mol. The number of carboxylic acids is 1. The van der Waals surface area contributed by atoms with Crippen LogP contribution >= 0.6 is 0 Å². The maximum atomic E-state index is 12.9. The number of aryl methyl sites for hydroxylation is 1. The minimum Gasteiger partial charge on any atom is -0.480 e. The molecule has 0 unspecified atom stereocenters. The van der Waals surface area contributed by atoms with Gasteiger partial charge in [0, 0.05) is 17.4 Å². The van der Waals surface area contributed by atoms with Crippen molar-refractivity contribution in [2.24, 2.45) is 0 Å². The summed E-state index contributed by atoms with van der Waals surface area (Å²) in [4.78, 5) is 29.1. The molecule has 1 aliphatic rings. The third kappa shape index (κ3) is 1.95. The lowest BCUT2D eigenvalue weighted by Gasteiger charge is -2.21. The smallest absolute Gasteiger partial charge is 0.323 e. The van der Waals surface area contributed by atoms with Crippen LogP contribution in [0.5, 0.6) is 0 Å². The van der Waals surface area contributed by atoms with E-state index in [2.05, 4.69) is 0 Å². The molecule has 0 radical (unpaired) electrons. The quantitative estimate of drug-likeness (QED) is 0.606. The van der Waals surface area contributed by atoms with E-state index in [0.717, 1.165) is 22.2 Å². The lowest BCUT2D eigenvalue weighted by atomic mass is 10.0. The number of benzene rings is 2. The molecule has 5 rings (SSSR count). The molecule has 1 N–H and O–H groups in total. The van der Waals surface area contributed by atoms with Crippen LogP contribution in [0.25, 0.3) is 33.3 Å². The Hall–Kier alpha value is -3.41. The van der Waals surface area contributed by atoms with Gasteiger partial charge in [0.15, 0.2) is 5.82 Å². The molecule has 3 heterocycles. The molecule has 6 nitrogen and oxygen atoms in total. The largest absolute Gasteiger partial charge is 0.480 e. The number of carboxylic acid groups (broad SMARTS) is 1. The third-order valence-electron chi connectivity index (χ3n) is 5.03. The van der Waals surface area contributed by atoms with Crippen LogP contribution in [0.3, 0.4) is 0 Å². The molecule has 1 aliphatic heterocycles. The normalized spacial score (nSPS) is 12.9. The molecule has 2 aromatic carbocycles. The molecule has 0 aliphatic carbocycles. The Bertz CT molecular complexity index is 1270. The van der Waals surface area contributed by atoms with Crippen molar-refractivity contribution in [2.45, 2.75) is 19.5 Å². The lowest BCUT2D eigenvalue weighted by molar-refractivity contribution is -0.137. The van der Waals surface area contributed by atoms with Gasteiger partial charge in [-0.25, -0.2) is 4.98 Å². The second-order valence-electron chi connectivity index (χ2n) is 6.48. The van der Waals surface area contributed by atoms with Crippen LogP contribution in [0.4, 0.5) is 0 Å². The van der Waals surface area contributed by atoms with Crippen molar-refractivity contribution >= 4 is 27.8 Å². The summed E-state index contributed by atoms with van der Waals surface area (Å²) in [6, 6.07) is 15.0. The molecule has 6 heteroatoms. The number of hydrogen-bond donors (Lipinski definition) is 1. The summed E-state index contributed by atoms with van der Waals surface area (Å²) in [6.07, 6.45) is 0.676. The predicted octanol–water partition coefficient (Wildman–Crippen LogP) is 2.66. The number of para-hydroxylation sites is 2. The fourth-order valence-corrected chi connectivity index (χ4v) is 3.96. The number of hydrogen-bond acceptors (Lipinski definition) is 3. The molecule has 26 heavy (non-hydrogen) atoms. The number of carbonyl (C=O) groups is 1. The SMILES string of the molecule is O=C(O)Cn1c2c(c3ccccc31)CCn1c-2nc2ccccc2c1=O. The summed E-state index contributed by atoms with van der Waals surface area (Å²) in [5, 5.41) is 11.0. The summed E-state index contributed by atoms with van der Waals surface area (Å²) >= 11 is 0. The molecule has 128 valence electrons. The van der Waals surface area contributed by atoms with Crippen molar-refractivity contribution in [3.8, 4) is 11.5 Å². The highest BCUT2D eigenvalue weighted by Crippen LogP contribution is 2.36. The Labute approximate surface area is 147 Å². The highest BCUT2D eigenvalue weighted by molar-refractivity contribution is 5.93. The van der Waals surface area contributed by atoms with E-state index >= 15 is 0 Å². The van der Waals surface area contributed by atoms with E-state index in [9.17, 15) is 14.7 Å². The van der Waals surface area contributed by atoms with Crippen LogP contribution in [0.15, 0.2) is 53.3 Å². The van der Waals surface area contributed by atoms with E-state index in [1.807, 2.05) is 42.5 Å². The summed E-state index contributed by atoms with van der Waals surface area (Å²) in [5.41, 5.74) is 3.20. The number of nitrogens with zero attached hydrogens (tertiary/aromatic N) is 3. The molecule has 2 aromatic heterocycles. The maximum Gasteiger partial charge on any atom is 0.323 e. The Morgan fingerprint density at radius 2 is 1.81 bits per heavy atom. The van der Waals surface area contributed by atoms with E-state index in [1.54, 1.807) is 15.2 Å². The number of fused-ring (bicyclic) bond motifs is 6. The standard InChI is InChI=1S/C20H15N3O3/c24-17(25)11-23-16-8-4-2-5-12(16)13-9-10-22-19(18(13)23)21-15-7-3-1-6-14(15)20(22)26/h1-8H,9-11H2,(H,24,25). The van der Waals surface area contributed by atoms with Gasteiger partial charge in [-0.05, 0) is 30.2 Å². The first-order valence-corrected chi connectivity index (χ1v) is 8.47. The zero-order valence-corrected chi connectivity index (χ0v) is 13.8. The van der Waals surface area contributed by atoms with Crippen LogP contribution in [0, 0.1) is 0 Å². The molecule has 0 fully saturated rings. The molecule has 0 saturated carbocycles. The van der Waals surface area contributed by atoms with Crippen molar-refractivity contribution < 1.29 is 9.90 Å². The van der Waals surface area contributed by atoms with Crippen molar-refractivity contribution in [3.63, 3.8) is 0 Å². The van der Waals surface area contributed by atoms with Crippen molar-refractivity contribution in [1.82, 2.24) is 14.1 Å². The second kappa shape index (κ2) is 5.29. The topological polar surface area (TPSA) is 77.1 Å². The molecule has 0 bridgehead atoms. The van der Waals surface area contributed by atoms with Gasteiger partial charge in [0.2, 0.25) is 0 Å². The minimum absolute atomic E-state index is 0.0802. The summed E-state index contributed by atoms with van der Waals surface area (Å²) < 4.78 is 3.43. The number of aliphatic carboxylic acids is 1. The maximum absolute atomic E-state index is 12.9. The van der Waals surface area contributed by atoms with Gasteiger partial charge in [0.25, 0.3) is 5.56 Å². The van der Waals surface area contributed by atoms with E-state index in [0.29, 0.717) is 29.7 Å². The van der Waals surface area contributed by atoms with E-state index < -0.39 is 5.97 Å². The van der Waals surface area contributed by atoms with Gasteiger partial charge in [-0.2, -0.15) is 0 Å². The Morgan fingerprint density at radius 3 is 2.62 bits per heavy atom. The summed E-state index contributed by atoms with van der Waals surface area (Å²) in [5.74, 6) is -0.374. The summed E-state index contributed by atoms with van der Waals surface area (Å²) in [6.45, 7) is 0.374. The van der Waals surface area contributed by atoms with Gasteiger partial charge in [-0.3, -0.25) is 14.2 Å². The van der Waals surface area contributed by atoms with Gasteiger partial charge < -0.3 is 9.67 Å². The molecule has 4 aromatic rings. The van der Waals surface area contributed by atoms with Crippen LogP contribution < -0.4 is 5.56 Å². The molecule has 0 spiro atoms.